The van der Waals surface area contributed by atoms with Crippen molar-refractivity contribution in [3.63, 3.8) is 0 Å². The number of hydrogen-bond acceptors (Lipinski definition) is 2. The van der Waals surface area contributed by atoms with Gasteiger partial charge in [0.05, 0.1) is 6.04 Å². The minimum atomic E-state index is 0.214. The van der Waals surface area contributed by atoms with Crippen LogP contribution in [0.15, 0.2) is 42.5 Å². The van der Waals surface area contributed by atoms with Gasteiger partial charge in [-0.05, 0) is 41.3 Å². The maximum Gasteiger partial charge on any atom is 0.0600 e. The number of benzene rings is 2. The van der Waals surface area contributed by atoms with Gasteiger partial charge in [-0.1, -0.05) is 35.9 Å². The van der Waals surface area contributed by atoms with Crippen molar-refractivity contribution < 1.29 is 0 Å². The zero-order valence-corrected chi connectivity index (χ0v) is 11.7. The largest absolute Gasteiger partial charge is 0.388 e. The van der Waals surface area contributed by atoms with Crippen molar-refractivity contribution in [2.75, 3.05) is 18.9 Å². The Morgan fingerprint density at radius 2 is 2.00 bits per heavy atom. The summed E-state index contributed by atoms with van der Waals surface area (Å²) in [5.41, 5.74) is 5.11. The molecule has 1 aliphatic heterocycles. The lowest BCUT2D eigenvalue weighted by Crippen LogP contribution is -2.31. The molecule has 0 aliphatic carbocycles. The van der Waals surface area contributed by atoms with Crippen LogP contribution in [0, 0.1) is 0 Å². The van der Waals surface area contributed by atoms with Gasteiger partial charge in [0.25, 0.3) is 0 Å². The van der Waals surface area contributed by atoms with E-state index in [1.807, 2.05) is 25.2 Å². The standard InChI is InChI=1S/C16H17ClN2/c1-18-15-7-6-12(17)10-14(15)16-13-5-3-2-4-11(13)8-9-19-16/h2-7,10,16,18-19H,8-9H2,1H3/t16-/m0/s1. The minimum absolute atomic E-state index is 0.214. The molecule has 0 bridgehead atoms. The molecule has 0 saturated heterocycles. The van der Waals surface area contributed by atoms with Gasteiger partial charge in [-0.3, -0.25) is 0 Å². The Hall–Kier alpha value is -1.51. The Kier molecular flexibility index (Phi) is 3.45. The molecule has 19 heavy (non-hydrogen) atoms. The first-order chi connectivity index (χ1) is 9.29. The molecule has 1 aliphatic rings. The summed E-state index contributed by atoms with van der Waals surface area (Å²) in [5, 5.41) is 7.62. The van der Waals surface area contributed by atoms with E-state index in [0.717, 1.165) is 23.7 Å². The van der Waals surface area contributed by atoms with Crippen molar-refractivity contribution >= 4 is 17.3 Å². The molecule has 2 nitrogen and oxygen atoms in total. The molecule has 0 aromatic heterocycles. The summed E-state index contributed by atoms with van der Waals surface area (Å²) < 4.78 is 0. The zero-order chi connectivity index (χ0) is 13.2. The summed E-state index contributed by atoms with van der Waals surface area (Å²) in [5.74, 6) is 0. The molecule has 0 amide bonds. The molecule has 3 heteroatoms. The highest BCUT2D eigenvalue weighted by molar-refractivity contribution is 6.30. The van der Waals surface area contributed by atoms with E-state index in [4.69, 9.17) is 11.6 Å². The third-order valence-electron chi connectivity index (χ3n) is 3.70. The Bertz CT molecular complexity index is 595. The van der Waals surface area contributed by atoms with E-state index in [-0.39, 0.29) is 6.04 Å². The molecule has 2 aromatic carbocycles. The molecule has 1 heterocycles. The number of nitrogens with one attached hydrogen (secondary N) is 2. The van der Waals surface area contributed by atoms with Crippen molar-refractivity contribution in [1.29, 1.82) is 0 Å². The first-order valence-electron chi connectivity index (χ1n) is 6.58. The minimum Gasteiger partial charge on any atom is -0.388 e. The van der Waals surface area contributed by atoms with Crippen LogP contribution in [0.1, 0.15) is 22.7 Å². The Balaban J connectivity index is 2.11. The van der Waals surface area contributed by atoms with Crippen molar-refractivity contribution in [1.82, 2.24) is 5.32 Å². The molecule has 2 N–H and O–H groups in total. The molecule has 98 valence electrons. The van der Waals surface area contributed by atoms with Crippen LogP contribution in [0.3, 0.4) is 0 Å². The second kappa shape index (κ2) is 5.24. The Morgan fingerprint density at radius 3 is 2.84 bits per heavy atom. The monoisotopic (exact) mass is 272 g/mol. The lowest BCUT2D eigenvalue weighted by atomic mass is 9.89. The quantitative estimate of drug-likeness (QED) is 0.873. The van der Waals surface area contributed by atoms with E-state index in [0.29, 0.717) is 0 Å². The van der Waals surface area contributed by atoms with Gasteiger partial charge >= 0.3 is 0 Å². The van der Waals surface area contributed by atoms with Gasteiger partial charge in [0, 0.05) is 24.3 Å². The van der Waals surface area contributed by atoms with Gasteiger partial charge in [-0.15, -0.1) is 0 Å². The summed E-state index contributed by atoms with van der Waals surface area (Å²) in [6.07, 6.45) is 1.09. The summed E-state index contributed by atoms with van der Waals surface area (Å²) in [7, 11) is 1.95. The summed E-state index contributed by atoms with van der Waals surface area (Å²) >= 11 is 6.16. The predicted molar refractivity (Wildman–Crippen MR) is 81.0 cm³/mol. The number of anilines is 1. The van der Waals surface area contributed by atoms with Crippen LogP contribution in [0.25, 0.3) is 0 Å². The molecule has 0 fully saturated rings. The lowest BCUT2D eigenvalue weighted by Gasteiger charge is -2.29. The first-order valence-corrected chi connectivity index (χ1v) is 6.96. The van der Waals surface area contributed by atoms with Crippen molar-refractivity contribution in [2.45, 2.75) is 12.5 Å². The van der Waals surface area contributed by atoms with E-state index in [9.17, 15) is 0 Å². The predicted octanol–water partition coefficient (Wildman–Crippen LogP) is 3.62. The van der Waals surface area contributed by atoms with Crippen LogP contribution in [0.5, 0.6) is 0 Å². The molecule has 0 spiro atoms. The summed E-state index contributed by atoms with van der Waals surface area (Å²) in [6, 6.07) is 14.8. The van der Waals surface area contributed by atoms with Crippen LogP contribution in [-0.4, -0.2) is 13.6 Å². The highest BCUT2D eigenvalue weighted by atomic mass is 35.5. The molecule has 2 aromatic rings. The van der Waals surface area contributed by atoms with E-state index in [1.165, 1.54) is 16.7 Å². The van der Waals surface area contributed by atoms with E-state index in [1.54, 1.807) is 0 Å². The fraction of sp³-hybridized carbons (Fsp3) is 0.250. The van der Waals surface area contributed by atoms with Gasteiger partial charge < -0.3 is 10.6 Å². The Morgan fingerprint density at radius 1 is 1.16 bits per heavy atom. The van der Waals surface area contributed by atoms with Crippen LogP contribution in [0.2, 0.25) is 5.02 Å². The second-order valence-corrected chi connectivity index (χ2v) is 5.25. The first kappa shape index (κ1) is 12.5. The number of fused-ring (bicyclic) bond motifs is 1. The van der Waals surface area contributed by atoms with Crippen molar-refractivity contribution in [3.05, 3.63) is 64.2 Å². The zero-order valence-electron chi connectivity index (χ0n) is 10.9. The smallest absolute Gasteiger partial charge is 0.0600 e. The molecular formula is C16H17ClN2. The highest BCUT2D eigenvalue weighted by Gasteiger charge is 2.22. The summed E-state index contributed by atoms with van der Waals surface area (Å²) in [4.78, 5) is 0. The number of hydrogen-bond donors (Lipinski definition) is 2. The molecule has 0 radical (unpaired) electrons. The maximum atomic E-state index is 6.16. The fourth-order valence-corrected chi connectivity index (χ4v) is 2.96. The summed E-state index contributed by atoms with van der Waals surface area (Å²) in [6.45, 7) is 0.997. The highest BCUT2D eigenvalue weighted by Crippen LogP contribution is 2.34. The van der Waals surface area contributed by atoms with Crippen LogP contribution in [-0.2, 0) is 6.42 Å². The third kappa shape index (κ3) is 2.34. The average Bonchev–Trinajstić information content (AvgIpc) is 2.46. The normalized spacial score (nSPS) is 17.9. The molecule has 0 unspecified atom stereocenters. The molecular weight excluding hydrogens is 256 g/mol. The SMILES string of the molecule is CNc1ccc(Cl)cc1[C@H]1NCCc2ccccc21. The lowest BCUT2D eigenvalue weighted by molar-refractivity contribution is 0.569. The van der Waals surface area contributed by atoms with Gasteiger partial charge in [-0.2, -0.15) is 0 Å². The molecule has 1 atom stereocenters. The third-order valence-corrected chi connectivity index (χ3v) is 3.94. The van der Waals surface area contributed by atoms with E-state index >= 15 is 0 Å². The molecule has 0 saturated carbocycles. The van der Waals surface area contributed by atoms with E-state index < -0.39 is 0 Å². The van der Waals surface area contributed by atoms with Crippen LogP contribution < -0.4 is 10.6 Å². The van der Waals surface area contributed by atoms with Crippen molar-refractivity contribution in [2.24, 2.45) is 0 Å². The molecule has 3 rings (SSSR count). The van der Waals surface area contributed by atoms with Crippen LogP contribution in [0.4, 0.5) is 5.69 Å². The van der Waals surface area contributed by atoms with Crippen LogP contribution >= 0.6 is 11.6 Å². The van der Waals surface area contributed by atoms with Gasteiger partial charge in [-0.25, -0.2) is 0 Å². The van der Waals surface area contributed by atoms with Crippen molar-refractivity contribution in [3.8, 4) is 0 Å². The van der Waals surface area contributed by atoms with E-state index in [2.05, 4.69) is 34.9 Å². The van der Waals surface area contributed by atoms with Gasteiger partial charge in [0.1, 0.15) is 0 Å². The number of rotatable bonds is 2. The van der Waals surface area contributed by atoms with Gasteiger partial charge in [0.2, 0.25) is 0 Å². The number of halogens is 1. The average molecular weight is 273 g/mol. The van der Waals surface area contributed by atoms with Gasteiger partial charge in [0.15, 0.2) is 0 Å². The second-order valence-electron chi connectivity index (χ2n) is 4.82. The maximum absolute atomic E-state index is 6.16. The fourth-order valence-electron chi connectivity index (χ4n) is 2.78. The topological polar surface area (TPSA) is 24.1 Å². The Labute approximate surface area is 118 Å².